The van der Waals surface area contributed by atoms with Crippen LogP contribution >= 0.6 is 0 Å². The van der Waals surface area contributed by atoms with E-state index >= 15 is 0 Å². The van der Waals surface area contributed by atoms with Gasteiger partial charge in [-0.1, -0.05) is 49.3 Å². The van der Waals surface area contributed by atoms with Gasteiger partial charge < -0.3 is 26.4 Å². The first kappa shape index (κ1) is 37.2. The van der Waals surface area contributed by atoms with Gasteiger partial charge >= 0.3 is 0 Å². The van der Waals surface area contributed by atoms with Gasteiger partial charge in [-0.15, -0.1) is 0 Å². The topological polar surface area (TPSA) is 192 Å². The molecule has 5 atom stereocenters. The predicted octanol–water partition coefficient (Wildman–Crippen LogP) is 4.66. The van der Waals surface area contributed by atoms with Crippen molar-refractivity contribution in [1.29, 1.82) is 0 Å². The van der Waals surface area contributed by atoms with Gasteiger partial charge in [-0.2, -0.15) is 4.98 Å². The molecule has 13 nitrogen and oxygen atoms in total. The Kier molecular flexibility index (Phi) is 10.8. The number of likely N-dealkylation sites (tertiary alicyclic amines) is 1. The Morgan fingerprint density at radius 1 is 1.06 bits per heavy atom. The monoisotopic (exact) mass is 733 g/mol. The highest BCUT2D eigenvalue weighted by Gasteiger charge is 2.52. The molecule has 3 aromatic rings. The van der Waals surface area contributed by atoms with Crippen LogP contribution < -0.4 is 26.2 Å². The third-order valence-corrected chi connectivity index (χ3v) is 12.7. The smallest absolute Gasteiger partial charge is 0.298 e. The van der Waals surface area contributed by atoms with E-state index in [9.17, 15) is 22.8 Å². The van der Waals surface area contributed by atoms with E-state index in [-0.39, 0.29) is 36.8 Å². The third kappa shape index (κ3) is 8.22. The minimum atomic E-state index is -3.61. The fourth-order valence-corrected chi connectivity index (χ4v) is 8.30. The lowest BCUT2D eigenvalue weighted by Crippen LogP contribution is -2.49. The van der Waals surface area contributed by atoms with Crippen LogP contribution in [0.15, 0.2) is 60.7 Å². The van der Waals surface area contributed by atoms with Crippen molar-refractivity contribution in [2.24, 2.45) is 17.6 Å². The van der Waals surface area contributed by atoms with Gasteiger partial charge in [-0.3, -0.25) is 23.7 Å². The zero-order chi connectivity index (χ0) is 37.2. The van der Waals surface area contributed by atoms with Gasteiger partial charge in [-0.25, -0.2) is 8.42 Å². The molecule has 3 amide bonds. The molecule has 6 rings (SSSR count). The largest absolute Gasteiger partial charge is 0.459 e. The summed E-state index contributed by atoms with van der Waals surface area (Å²) in [5.74, 6) is -1.43. The summed E-state index contributed by atoms with van der Waals surface area (Å²) >= 11 is 0. The van der Waals surface area contributed by atoms with Crippen LogP contribution in [0.3, 0.4) is 0 Å². The van der Waals surface area contributed by atoms with Crippen molar-refractivity contribution in [2.75, 3.05) is 17.6 Å². The number of fused-ring (bicyclic) bond motifs is 1. The molecule has 2 heterocycles. The van der Waals surface area contributed by atoms with Crippen molar-refractivity contribution in [2.45, 2.75) is 108 Å². The van der Waals surface area contributed by atoms with Crippen molar-refractivity contribution in [1.82, 2.24) is 19.2 Å². The number of nitrogens with two attached hydrogens (primary N) is 2. The van der Waals surface area contributed by atoms with Crippen LogP contribution in [0.2, 0.25) is 0 Å². The van der Waals surface area contributed by atoms with Crippen LogP contribution in [0.4, 0.5) is 11.4 Å². The number of nitrogens with zero attached hydrogens (tertiary/aromatic N) is 3. The Balaban J connectivity index is 1.04. The summed E-state index contributed by atoms with van der Waals surface area (Å²) in [6.07, 6.45) is 9.55. The molecule has 1 saturated heterocycles. The number of anilines is 2. The number of nitrogen functional groups attached to an aromatic ring is 1. The second-order valence-corrected chi connectivity index (χ2v) is 17.2. The van der Waals surface area contributed by atoms with Gasteiger partial charge in [0, 0.05) is 24.1 Å². The Bertz CT molecular complexity index is 1920. The number of allylic oxidation sites excluding steroid dienone is 2. The Labute approximate surface area is 305 Å². The number of carbonyl (C=O) groups excluding carboxylic acids is 3. The van der Waals surface area contributed by atoms with Crippen molar-refractivity contribution in [3.05, 3.63) is 60.7 Å². The van der Waals surface area contributed by atoms with Crippen LogP contribution in [0.5, 0.6) is 6.01 Å². The Morgan fingerprint density at radius 2 is 1.81 bits per heavy atom. The molecule has 14 heteroatoms. The summed E-state index contributed by atoms with van der Waals surface area (Å²) in [5, 5.41) is 3.39. The van der Waals surface area contributed by atoms with E-state index < -0.39 is 44.8 Å². The van der Waals surface area contributed by atoms with Crippen LogP contribution in [0, 0.1) is 11.8 Å². The second kappa shape index (κ2) is 15.2. The lowest BCUT2D eigenvalue weighted by Gasteiger charge is -2.28. The standard InChI is InChI=1S/C38H51N7O6S/c1-24(2)45-31-18-12-16-29(39)33(31)42-37(45)51-27-22-32(34(40)46)44(23-27)36(48)30(41-26-14-9-7-10-15-26)17-11-6-4-5-8-13-25-21-28(25)35(47)43-52(49,50)38(3)19-20-38/h7-10,12-16,18,24-25,27-28,30,32,41H,4-6,11,17,19-23,39H2,1-3H3,(H2,40,46)(H,43,47). The molecule has 280 valence electrons. The number of hydrogen-bond donors (Lipinski definition) is 4. The minimum absolute atomic E-state index is 0.0292. The number of rotatable bonds is 17. The summed E-state index contributed by atoms with van der Waals surface area (Å²) in [4.78, 5) is 45.6. The molecular formula is C38H51N7O6S. The van der Waals surface area contributed by atoms with Gasteiger partial charge in [0.15, 0.2) is 0 Å². The molecule has 5 unspecified atom stereocenters. The quantitative estimate of drug-likeness (QED) is 0.0869. The maximum absolute atomic E-state index is 14.2. The number of nitrogens with one attached hydrogen (secondary N) is 2. The van der Waals surface area contributed by atoms with E-state index in [0.29, 0.717) is 42.9 Å². The highest BCUT2D eigenvalue weighted by Crippen LogP contribution is 2.44. The van der Waals surface area contributed by atoms with E-state index in [1.807, 2.05) is 67.0 Å². The molecule has 3 fully saturated rings. The number of aromatic nitrogens is 2. The third-order valence-electron chi connectivity index (χ3n) is 10.6. The highest BCUT2D eigenvalue weighted by molar-refractivity contribution is 7.91. The van der Waals surface area contributed by atoms with E-state index in [1.54, 1.807) is 17.9 Å². The summed E-state index contributed by atoms with van der Waals surface area (Å²) < 4.78 is 34.6. The number of para-hydroxylation sites is 2. The fraction of sp³-hybridized carbons (Fsp3) is 0.526. The second-order valence-electron chi connectivity index (χ2n) is 15.0. The Hall–Kier alpha value is -4.59. The van der Waals surface area contributed by atoms with Crippen LogP contribution in [0.1, 0.15) is 84.6 Å². The van der Waals surface area contributed by atoms with Gasteiger partial charge in [-0.05, 0) is 89.5 Å². The highest BCUT2D eigenvalue weighted by atomic mass is 32.2. The van der Waals surface area contributed by atoms with Gasteiger partial charge in [0.25, 0.3) is 6.01 Å². The van der Waals surface area contributed by atoms with E-state index in [2.05, 4.69) is 21.1 Å². The molecule has 0 radical (unpaired) electrons. The summed E-state index contributed by atoms with van der Waals surface area (Å²) in [5.41, 5.74) is 14.9. The molecule has 0 spiro atoms. The van der Waals surface area contributed by atoms with Crippen molar-refractivity contribution >= 4 is 50.2 Å². The van der Waals surface area contributed by atoms with Crippen LogP contribution in [-0.2, 0) is 24.4 Å². The number of carbonyl (C=O) groups is 3. The first-order valence-electron chi connectivity index (χ1n) is 18.4. The first-order chi connectivity index (χ1) is 24.8. The number of hydrogen-bond acceptors (Lipinski definition) is 9. The van der Waals surface area contributed by atoms with E-state index in [4.69, 9.17) is 16.2 Å². The number of imidazole rings is 1. The van der Waals surface area contributed by atoms with E-state index in [1.165, 1.54) is 0 Å². The average Bonchev–Trinajstić information content (AvgIpc) is 3.97. The Morgan fingerprint density at radius 3 is 2.50 bits per heavy atom. The molecule has 2 aromatic carbocycles. The molecule has 3 aliphatic rings. The van der Waals surface area contributed by atoms with Crippen molar-refractivity contribution in [3.63, 3.8) is 0 Å². The molecular weight excluding hydrogens is 683 g/mol. The molecule has 2 saturated carbocycles. The van der Waals surface area contributed by atoms with Crippen LogP contribution in [-0.4, -0.2) is 70.1 Å². The predicted molar refractivity (Wildman–Crippen MR) is 201 cm³/mol. The molecule has 0 bridgehead atoms. The molecule has 2 aliphatic carbocycles. The molecule has 52 heavy (non-hydrogen) atoms. The normalized spacial score (nSPS) is 22.8. The summed E-state index contributed by atoms with van der Waals surface area (Å²) in [7, 11) is -3.61. The maximum Gasteiger partial charge on any atom is 0.298 e. The first-order valence-corrected chi connectivity index (χ1v) is 19.8. The number of amides is 3. The summed E-state index contributed by atoms with van der Waals surface area (Å²) in [6.45, 7) is 5.91. The van der Waals surface area contributed by atoms with E-state index in [0.717, 1.165) is 36.9 Å². The van der Waals surface area contributed by atoms with Gasteiger partial charge in [0.2, 0.25) is 27.7 Å². The zero-order valence-corrected chi connectivity index (χ0v) is 31.0. The number of ether oxygens (including phenoxy) is 1. The van der Waals surface area contributed by atoms with Gasteiger partial charge in [0.05, 0.1) is 22.5 Å². The average molecular weight is 734 g/mol. The molecule has 6 N–H and O–H groups in total. The maximum atomic E-state index is 14.2. The zero-order valence-electron chi connectivity index (χ0n) is 30.2. The molecule has 1 aromatic heterocycles. The number of primary amides is 1. The minimum Gasteiger partial charge on any atom is -0.459 e. The van der Waals surface area contributed by atoms with Crippen molar-refractivity contribution < 1.29 is 27.5 Å². The van der Waals surface area contributed by atoms with Crippen LogP contribution in [0.25, 0.3) is 11.0 Å². The lowest BCUT2D eigenvalue weighted by molar-refractivity contribution is -0.138. The summed E-state index contributed by atoms with van der Waals surface area (Å²) in [6, 6.07) is 14.1. The number of benzene rings is 2. The number of sulfonamides is 1. The fourth-order valence-electron chi connectivity index (χ4n) is 7.00. The number of unbranched alkanes of at least 4 members (excludes halogenated alkanes) is 3. The van der Waals surface area contributed by atoms with Crippen molar-refractivity contribution in [3.8, 4) is 6.01 Å². The lowest BCUT2D eigenvalue weighted by atomic mass is 10.0. The van der Waals surface area contributed by atoms with Gasteiger partial charge in [0.1, 0.15) is 23.7 Å². The SMILES string of the molecule is CC(C)n1c(OC2CC(C(N)=O)N(C(=O)C(CCCCCC=CC3CC3C(=O)NS(=O)(=O)C3(C)CC3)Nc3ccccc3)C2)nc2c(N)cccc21. The molecule has 1 aliphatic heterocycles.